The van der Waals surface area contributed by atoms with Crippen LogP contribution in [0.4, 0.5) is 0 Å². The molecule has 2 aliphatic rings. The van der Waals surface area contributed by atoms with Crippen molar-refractivity contribution < 1.29 is 63.9 Å². The van der Waals surface area contributed by atoms with E-state index < -0.39 is 54.6 Å². The molecule has 13 nitrogen and oxygen atoms in total. The summed E-state index contributed by atoms with van der Waals surface area (Å²) in [6, 6.07) is 6.97. The summed E-state index contributed by atoms with van der Waals surface area (Å²) >= 11 is 0. The van der Waals surface area contributed by atoms with E-state index in [1.54, 1.807) is 6.07 Å². The number of carbonyl (C=O) groups excluding carboxylic acids is 1. The van der Waals surface area contributed by atoms with Crippen LogP contribution < -0.4 is 14.2 Å². The van der Waals surface area contributed by atoms with E-state index in [0.717, 1.165) is 6.07 Å². The van der Waals surface area contributed by atoms with Crippen molar-refractivity contribution in [2.24, 2.45) is 0 Å². The van der Waals surface area contributed by atoms with Crippen LogP contribution in [0.5, 0.6) is 28.7 Å². The lowest BCUT2D eigenvalue weighted by atomic mass is 9.99. The number of carbonyl (C=O) groups is 1. The summed E-state index contributed by atoms with van der Waals surface area (Å²) in [6.07, 6.45) is -5.07. The van der Waals surface area contributed by atoms with Crippen molar-refractivity contribution in [3.63, 3.8) is 0 Å². The van der Waals surface area contributed by atoms with Gasteiger partial charge in [-0.25, -0.2) is 0 Å². The van der Waals surface area contributed by atoms with Gasteiger partial charge in [0.25, 0.3) is 0 Å². The van der Waals surface area contributed by atoms with E-state index >= 15 is 0 Å². The molecule has 224 valence electrons. The lowest BCUT2D eigenvalue weighted by Gasteiger charge is -2.40. The summed E-state index contributed by atoms with van der Waals surface area (Å²) in [6.45, 7) is -0.0948. The fraction of sp³-hybridized carbons (Fsp3) is 0.464. The maximum Gasteiger partial charge on any atom is 0.229 e. The van der Waals surface area contributed by atoms with Crippen LogP contribution >= 0.6 is 0 Å². The first-order valence-corrected chi connectivity index (χ1v) is 12.9. The van der Waals surface area contributed by atoms with Gasteiger partial charge >= 0.3 is 0 Å². The second-order valence-corrected chi connectivity index (χ2v) is 9.61. The number of ether oxygens (including phenoxy) is 6. The quantitative estimate of drug-likeness (QED) is 0.171. The van der Waals surface area contributed by atoms with Crippen molar-refractivity contribution >= 4 is 11.9 Å². The molecule has 0 saturated carbocycles. The van der Waals surface area contributed by atoms with Crippen molar-refractivity contribution in [1.29, 1.82) is 0 Å². The van der Waals surface area contributed by atoms with Gasteiger partial charge in [0.1, 0.15) is 47.2 Å². The molecular weight excluding hydrogens is 544 g/mol. The zero-order chi connectivity index (χ0) is 29.7. The molecule has 2 aromatic carbocycles. The molecule has 0 amide bonds. The summed E-state index contributed by atoms with van der Waals surface area (Å²) < 4.78 is 32.6. The van der Waals surface area contributed by atoms with Gasteiger partial charge in [0.05, 0.1) is 33.5 Å². The molecule has 6 N–H and O–H groups in total. The van der Waals surface area contributed by atoms with Gasteiger partial charge in [0.2, 0.25) is 6.29 Å². The normalized spacial score (nSPS) is 28.4. The minimum Gasteiger partial charge on any atom is -0.507 e. The van der Waals surface area contributed by atoms with Gasteiger partial charge < -0.3 is 59.1 Å². The van der Waals surface area contributed by atoms with E-state index in [0.29, 0.717) is 18.4 Å². The van der Waals surface area contributed by atoms with Crippen molar-refractivity contribution in [1.82, 2.24) is 0 Å². The number of aliphatic hydroxyl groups excluding tert-OH is 4. The van der Waals surface area contributed by atoms with Gasteiger partial charge in [-0.2, -0.15) is 0 Å². The van der Waals surface area contributed by atoms with Crippen LogP contribution in [0, 0.1) is 0 Å². The van der Waals surface area contributed by atoms with Crippen molar-refractivity contribution in [2.75, 3.05) is 27.4 Å². The first-order chi connectivity index (χ1) is 19.6. The van der Waals surface area contributed by atoms with Gasteiger partial charge in [-0.05, 0) is 30.2 Å². The number of phenols is 2. The van der Waals surface area contributed by atoms with Crippen LogP contribution in [0.3, 0.4) is 0 Å². The Balaban J connectivity index is 1.45. The van der Waals surface area contributed by atoms with Crippen LogP contribution in [0.25, 0.3) is 6.08 Å². The number of hydrogen-bond donors (Lipinski definition) is 6. The topological polar surface area (TPSA) is 194 Å². The third-order valence-corrected chi connectivity index (χ3v) is 6.73. The van der Waals surface area contributed by atoms with Crippen LogP contribution in [0.2, 0.25) is 0 Å². The maximum absolute atomic E-state index is 12.9. The van der Waals surface area contributed by atoms with Gasteiger partial charge in [0, 0.05) is 18.6 Å². The first kappa shape index (κ1) is 30.5. The summed E-state index contributed by atoms with van der Waals surface area (Å²) in [7, 11) is 2.70. The molecule has 0 aromatic heterocycles. The van der Waals surface area contributed by atoms with E-state index in [2.05, 4.69) is 0 Å². The third kappa shape index (κ3) is 7.26. The molecule has 2 heterocycles. The maximum atomic E-state index is 12.9. The number of allylic oxidation sites excluding steroid dienone is 1. The largest absolute Gasteiger partial charge is 0.507 e. The van der Waals surface area contributed by atoms with Gasteiger partial charge in [-0.3, -0.25) is 4.79 Å². The Labute approximate surface area is 235 Å². The van der Waals surface area contributed by atoms with E-state index in [4.69, 9.17) is 28.4 Å². The standard InChI is InChI=1S/C28H34O13/c1-36-20-7-4-14(9-18(20)31)3-6-17(30)24-19(32)10-16(11-21(24)37-2)40-28-27(35)26(34)25(33)22(41-28)13-39-23-8-5-15(29)12-38-23/h3-4,6-7,9-11,15,22-23,25-29,31-35H,5,8,12-13H2,1-2H3/b6-3+/t15-,22-,23+,25+,26+,27+,28-/m0/s1. The molecule has 0 aliphatic carbocycles. The predicted molar refractivity (Wildman–Crippen MR) is 141 cm³/mol. The SMILES string of the molecule is COc1ccc(/C=C/C(=O)c2c(O)cc(O[C@H]3O[C@@H](CO[C@@H]4CC[C@H](O)CO4)[C@@H](O)[C@@H](O)[C@H]3O)cc2OC)cc1O. The molecule has 2 aliphatic heterocycles. The smallest absolute Gasteiger partial charge is 0.229 e. The third-order valence-electron chi connectivity index (χ3n) is 6.73. The Morgan fingerprint density at radius 1 is 0.951 bits per heavy atom. The van der Waals surface area contributed by atoms with E-state index in [1.807, 2.05) is 0 Å². The Morgan fingerprint density at radius 3 is 2.37 bits per heavy atom. The minimum absolute atomic E-state index is 0.0466. The number of phenolic OH excluding ortho intramolecular Hbond substituents is 2. The highest BCUT2D eigenvalue weighted by molar-refractivity contribution is 6.10. The minimum atomic E-state index is -1.67. The Bertz CT molecular complexity index is 1220. The predicted octanol–water partition coefficient (Wildman–Crippen LogP) is 0.711. The van der Waals surface area contributed by atoms with E-state index in [1.165, 1.54) is 44.6 Å². The number of benzene rings is 2. The number of rotatable bonds is 10. The van der Waals surface area contributed by atoms with Crippen molar-refractivity contribution in [3.8, 4) is 28.7 Å². The monoisotopic (exact) mass is 578 g/mol. The summed E-state index contributed by atoms with van der Waals surface area (Å²) in [4.78, 5) is 12.9. The molecule has 13 heteroatoms. The molecule has 4 rings (SSSR count). The number of ketones is 1. The molecule has 0 radical (unpaired) electrons. The lowest BCUT2D eigenvalue weighted by Crippen LogP contribution is -2.60. The van der Waals surface area contributed by atoms with Crippen LogP contribution in [-0.4, -0.2) is 107 Å². The average Bonchev–Trinajstić information content (AvgIpc) is 2.96. The first-order valence-electron chi connectivity index (χ1n) is 12.9. The molecule has 7 atom stereocenters. The Hall–Kier alpha value is -3.43. The summed E-state index contributed by atoms with van der Waals surface area (Å²) in [5, 5.41) is 61.4. The number of aliphatic hydroxyl groups is 4. The van der Waals surface area contributed by atoms with Gasteiger partial charge in [-0.15, -0.1) is 0 Å². The highest BCUT2D eigenvalue weighted by Gasteiger charge is 2.45. The molecule has 0 spiro atoms. The number of hydrogen-bond acceptors (Lipinski definition) is 13. The number of methoxy groups -OCH3 is 2. The van der Waals surface area contributed by atoms with Crippen LogP contribution in [0.15, 0.2) is 36.4 Å². The lowest BCUT2D eigenvalue weighted by molar-refractivity contribution is -0.291. The molecule has 0 bridgehead atoms. The van der Waals surface area contributed by atoms with Crippen LogP contribution in [0.1, 0.15) is 28.8 Å². The highest BCUT2D eigenvalue weighted by Crippen LogP contribution is 2.36. The van der Waals surface area contributed by atoms with E-state index in [-0.39, 0.29) is 41.8 Å². The number of aromatic hydroxyl groups is 2. The second kappa shape index (κ2) is 13.5. The Morgan fingerprint density at radius 2 is 1.71 bits per heavy atom. The van der Waals surface area contributed by atoms with Gasteiger partial charge in [0.15, 0.2) is 23.6 Å². The molecule has 41 heavy (non-hydrogen) atoms. The van der Waals surface area contributed by atoms with Crippen molar-refractivity contribution in [2.45, 2.75) is 55.9 Å². The molecule has 0 unspecified atom stereocenters. The Kier molecular flexibility index (Phi) is 10.0. The second-order valence-electron chi connectivity index (χ2n) is 9.61. The zero-order valence-corrected chi connectivity index (χ0v) is 22.5. The van der Waals surface area contributed by atoms with E-state index in [9.17, 15) is 35.4 Å². The molecule has 2 saturated heterocycles. The summed E-state index contributed by atoms with van der Waals surface area (Å²) in [5.74, 6) is -1.04. The fourth-order valence-electron chi connectivity index (χ4n) is 4.45. The fourth-order valence-corrected chi connectivity index (χ4v) is 4.45. The molecule has 2 aromatic rings. The summed E-state index contributed by atoms with van der Waals surface area (Å²) in [5.41, 5.74) is 0.337. The van der Waals surface area contributed by atoms with Crippen molar-refractivity contribution in [3.05, 3.63) is 47.5 Å². The molecular formula is C28H34O13. The average molecular weight is 579 g/mol. The highest BCUT2D eigenvalue weighted by atomic mass is 16.7. The van der Waals surface area contributed by atoms with Gasteiger partial charge in [-0.1, -0.05) is 12.1 Å². The zero-order valence-electron chi connectivity index (χ0n) is 22.5. The van der Waals surface area contributed by atoms with Crippen LogP contribution in [-0.2, 0) is 14.2 Å². The molecule has 2 fully saturated rings.